The number of aromatic nitrogens is 2. The first-order valence-corrected chi connectivity index (χ1v) is 11.2. The van der Waals surface area contributed by atoms with Crippen molar-refractivity contribution < 1.29 is 4.79 Å². The van der Waals surface area contributed by atoms with E-state index in [-0.39, 0.29) is 11.5 Å². The molecule has 6 heteroatoms. The van der Waals surface area contributed by atoms with Crippen molar-refractivity contribution in [1.29, 1.82) is 0 Å². The fourth-order valence-electron chi connectivity index (χ4n) is 3.85. The minimum absolute atomic E-state index is 0.0400. The van der Waals surface area contributed by atoms with Gasteiger partial charge in [-0.05, 0) is 43.6 Å². The second-order valence-corrected chi connectivity index (χ2v) is 8.71. The summed E-state index contributed by atoms with van der Waals surface area (Å²) in [5.41, 5.74) is 1.16. The zero-order valence-electron chi connectivity index (χ0n) is 16.5. The first-order valence-electron chi connectivity index (χ1n) is 10.4. The SMILES string of the molecule is CCCC[C@@H](CC)CNC(=O)CCc1nc2sc3c(c2c(=O)[nH]1)CCCC3. The number of nitrogens with one attached hydrogen (secondary N) is 2. The predicted molar refractivity (Wildman–Crippen MR) is 112 cm³/mol. The number of aryl methyl sites for hydroxylation is 3. The molecule has 2 N–H and O–H groups in total. The second-order valence-electron chi connectivity index (χ2n) is 7.62. The van der Waals surface area contributed by atoms with Crippen LogP contribution in [0.5, 0.6) is 0 Å². The Bertz CT molecular complexity index is 840. The van der Waals surface area contributed by atoms with Crippen LogP contribution in [-0.2, 0) is 24.1 Å². The van der Waals surface area contributed by atoms with Crippen LogP contribution < -0.4 is 10.9 Å². The molecule has 2 aromatic heterocycles. The number of carbonyl (C=O) groups is 1. The number of unbranched alkanes of at least 4 members (excludes halogenated alkanes) is 1. The summed E-state index contributed by atoms with van der Waals surface area (Å²) in [4.78, 5) is 34.4. The highest BCUT2D eigenvalue weighted by Gasteiger charge is 2.20. The molecule has 148 valence electrons. The van der Waals surface area contributed by atoms with Crippen molar-refractivity contribution in [3.8, 4) is 0 Å². The van der Waals surface area contributed by atoms with E-state index >= 15 is 0 Å². The molecular weight excluding hydrogens is 358 g/mol. The molecule has 0 saturated carbocycles. The Kier molecular flexibility index (Phi) is 7.05. The summed E-state index contributed by atoms with van der Waals surface area (Å²) in [5, 5.41) is 3.83. The second kappa shape index (κ2) is 9.49. The molecule has 2 heterocycles. The van der Waals surface area contributed by atoms with Crippen LogP contribution in [0, 0.1) is 5.92 Å². The Hall–Kier alpha value is -1.69. The number of amides is 1. The van der Waals surface area contributed by atoms with Crippen molar-refractivity contribution in [2.75, 3.05) is 6.54 Å². The van der Waals surface area contributed by atoms with Crippen LogP contribution in [0.4, 0.5) is 0 Å². The van der Waals surface area contributed by atoms with Gasteiger partial charge in [0.05, 0.1) is 5.39 Å². The fourth-order valence-corrected chi connectivity index (χ4v) is 5.13. The lowest BCUT2D eigenvalue weighted by atomic mass is 9.97. The van der Waals surface area contributed by atoms with Gasteiger partial charge in [-0.15, -0.1) is 11.3 Å². The standard InChI is InChI=1S/C21H31N3O2S/c1-3-5-8-14(4-2)13-22-18(25)12-11-17-23-20(26)19-15-9-6-7-10-16(15)27-21(19)24-17/h14H,3-13H2,1-2H3,(H,22,25)(H,23,24,26)/t14-/m1/s1. The highest BCUT2D eigenvalue weighted by atomic mass is 32.1. The molecule has 1 amide bonds. The van der Waals surface area contributed by atoms with Crippen molar-refractivity contribution >= 4 is 27.5 Å². The largest absolute Gasteiger partial charge is 0.356 e. The number of hydrogen-bond donors (Lipinski definition) is 2. The molecule has 0 spiro atoms. The lowest BCUT2D eigenvalue weighted by molar-refractivity contribution is -0.121. The summed E-state index contributed by atoms with van der Waals surface area (Å²) in [6, 6.07) is 0. The van der Waals surface area contributed by atoms with E-state index in [2.05, 4.69) is 29.1 Å². The van der Waals surface area contributed by atoms with Gasteiger partial charge in [0.2, 0.25) is 5.91 Å². The molecule has 1 aliphatic rings. The maximum absolute atomic E-state index is 12.5. The topological polar surface area (TPSA) is 74.8 Å². The molecule has 1 aliphatic carbocycles. The van der Waals surface area contributed by atoms with Crippen LogP contribution in [-0.4, -0.2) is 22.4 Å². The zero-order chi connectivity index (χ0) is 19.2. The molecule has 0 saturated heterocycles. The van der Waals surface area contributed by atoms with Crippen LogP contribution in [0.2, 0.25) is 0 Å². The maximum atomic E-state index is 12.5. The lowest BCUT2D eigenvalue weighted by Crippen LogP contribution is -2.29. The third kappa shape index (κ3) is 4.98. The highest BCUT2D eigenvalue weighted by molar-refractivity contribution is 7.18. The van der Waals surface area contributed by atoms with Crippen molar-refractivity contribution in [2.24, 2.45) is 5.92 Å². The molecule has 2 aromatic rings. The molecular formula is C21H31N3O2S. The first-order chi connectivity index (χ1) is 13.1. The summed E-state index contributed by atoms with van der Waals surface area (Å²) < 4.78 is 0. The number of rotatable bonds is 9. The van der Waals surface area contributed by atoms with Gasteiger partial charge in [0.1, 0.15) is 10.7 Å². The molecule has 5 nitrogen and oxygen atoms in total. The van der Waals surface area contributed by atoms with Gasteiger partial charge >= 0.3 is 0 Å². The summed E-state index contributed by atoms with van der Waals surface area (Å²) in [6.45, 7) is 5.12. The van der Waals surface area contributed by atoms with Crippen LogP contribution >= 0.6 is 11.3 Å². The Morgan fingerprint density at radius 3 is 2.89 bits per heavy atom. The Balaban J connectivity index is 1.58. The van der Waals surface area contributed by atoms with E-state index in [0.717, 1.165) is 42.4 Å². The first kappa shape index (κ1) is 20.1. The molecule has 3 rings (SSSR count). The third-order valence-electron chi connectivity index (χ3n) is 5.59. The third-order valence-corrected chi connectivity index (χ3v) is 6.78. The summed E-state index contributed by atoms with van der Waals surface area (Å²) in [7, 11) is 0. The Morgan fingerprint density at radius 2 is 2.11 bits per heavy atom. The van der Waals surface area contributed by atoms with Gasteiger partial charge < -0.3 is 10.3 Å². The number of nitrogens with zero attached hydrogens (tertiary/aromatic N) is 1. The van der Waals surface area contributed by atoms with Crippen LogP contribution in [0.1, 0.15) is 75.1 Å². The van der Waals surface area contributed by atoms with Crippen molar-refractivity contribution in [3.63, 3.8) is 0 Å². The Morgan fingerprint density at radius 1 is 1.30 bits per heavy atom. The predicted octanol–water partition coefficient (Wildman–Crippen LogP) is 4.13. The smallest absolute Gasteiger partial charge is 0.259 e. The Labute approximate surface area is 165 Å². The maximum Gasteiger partial charge on any atom is 0.259 e. The number of fused-ring (bicyclic) bond motifs is 3. The van der Waals surface area contributed by atoms with Gasteiger partial charge in [-0.3, -0.25) is 9.59 Å². The number of H-pyrrole nitrogens is 1. The van der Waals surface area contributed by atoms with E-state index in [1.54, 1.807) is 11.3 Å². The molecule has 0 bridgehead atoms. The van der Waals surface area contributed by atoms with Gasteiger partial charge in [0.25, 0.3) is 5.56 Å². The molecule has 27 heavy (non-hydrogen) atoms. The summed E-state index contributed by atoms with van der Waals surface area (Å²) >= 11 is 1.66. The number of thiophene rings is 1. The zero-order valence-corrected chi connectivity index (χ0v) is 17.3. The van der Waals surface area contributed by atoms with Gasteiger partial charge in [0, 0.05) is 24.3 Å². The van der Waals surface area contributed by atoms with E-state index in [1.165, 1.54) is 36.1 Å². The van der Waals surface area contributed by atoms with Crippen LogP contribution in [0.15, 0.2) is 4.79 Å². The van der Waals surface area contributed by atoms with E-state index in [0.29, 0.717) is 24.6 Å². The normalized spacial score (nSPS) is 14.9. The van der Waals surface area contributed by atoms with Gasteiger partial charge in [0.15, 0.2) is 0 Å². The van der Waals surface area contributed by atoms with Crippen molar-refractivity contribution in [2.45, 2.75) is 78.1 Å². The van der Waals surface area contributed by atoms with Crippen molar-refractivity contribution in [1.82, 2.24) is 15.3 Å². The minimum atomic E-state index is -0.0413. The fraction of sp³-hybridized carbons (Fsp3) is 0.667. The molecule has 0 aromatic carbocycles. The highest BCUT2D eigenvalue weighted by Crippen LogP contribution is 2.33. The van der Waals surface area contributed by atoms with Gasteiger partial charge in [-0.1, -0.05) is 33.1 Å². The van der Waals surface area contributed by atoms with Crippen LogP contribution in [0.25, 0.3) is 10.2 Å². The average molecular weight is 390 g/mol. The molecule has 0 aliphatic heterocycles. The van der Waals surface area contributed by atoms with E-state index in [1.807, 2.05) is 0 Å². The van der Waals surface area contributed by atoms with Gasteiger partial charge in [-0.2, -0.15) is 0 Å². The lowest BCUT2D eigenvalue weighted by Gasteiger charge is -2.15. The molecule has 0 unspecified atom stereocenters. The molecule has 0 fully saturated rings. The monoisotopic (exact) mass is 389 g/mol. The van der Waals surface area contributed by atoms with E-state index in [9.17, 15) is 9.59 Å². The molecule has 1 atom stereocenters. The number of aromatic amines is 1. The van der Waals surface area contributed by atoms with Crippen molar-refractivity contribution in [3.05, 3.63) is 26.6 Å². The van der Waals surface area contributed by atoms with Gasteiger partial charge in [-0.25, -0.2) is 4.98 Å². The summed E-state index contributed by atoms with van der Waals surface area (Å²) in [5.74, 6) is 1.22. The van der Waals surface area contributed by atoms with E-state index < -0.39 is 0 Å². The number of carbonyl (C=O) groups excluding carboxylic acids is 1. The average Bonchev–Trinajstić information content (AvgIpc) is 3.05. The summed E-state index contributed by atoms with van der Waals surface area (Å²) in [6.07, 6.45) is 9.90. The molecule has 0 radical (unpaired) electrons. The van der Waals surface area contributed by atoms with Crippen LogP contribution in [0.3, 0.4) is 0 Å². The number of hydrogen-bond acceptors (Lipinski definition) is 4. The van der Waals surface area contributed by atoms with E-state index in [4.69, 9.17) is 0 Å². The minimum Gasteiger partial charge on any atom is -0.356 e. The quantitative estimate of drug-likeness (QED) is 0.677.